The Kier molecular flexibility index (Phi) is 5.76. The maximum atomic E-state index is 12.6. The van der Waals surface area contributed by atoms with E-state index >= 15 is 0 Å². The number of amides is 1. The molecule has 2 rings (SSSR count). The molecule has 1 aromatic heterocycles. The van der Waals surface area contributed by atoms with E-state index in [4.69, 9.17) is 16.0 Å². The van der Waals surface area contributed by atoms with Gasteiger partial charge in [-0.2, -0.15) is 0 Å². The number of hydrogen-bond donors (Lipinski definition) is 0. The Bertz CT molecular complexity index is 682. The minimum atomic E-state index is -0.578. The molecule has 2 aromatic rings. The van der Waals surface area contributed by atoms with Crippen LogP contribution in [0.2, 0.25) is 5.02 Å². The quantitative estimate of drug-likeness (QED) is 0.757. The number of ether oxygens (including phenoxy) is 1. The summed E-state index contributed by atoms with van der Waals surface area (Å²) in [5.74, 6) is -0.450. The molecular formula is C16H17ClN2O4. The minimum absolute atomic E-state index is 0.0814. The number of rotatable bonds is 6. The second-order valence-electron chi connectivity index (χ2n) is 4.85. The minimum Gasteiger partial charge on any atom is -0.464 e. The van der Waals surface area contributed by atoms with E-state index in [-0.39, 0.29) is 24.0 Å². The lowest BCUT2D eigenvalue weighted by atomic mass is 10.2. The van der Waals surface area contributed by atoms with E-state index in [2.05, 4.69) is 9.72 Å². The van der Waals surface area contributed by atoms with Gasteiger partial charge in [0.2, 0.25) is 5.89 Å². The lowest BCUT2D eigenvalue weighted by Crippen LogP contribution is -2.31. The average Bonchev–Trinajstić information content (AvgIpc) is 3.02. The smallest absolute Gasteiger partial charge is 0.360 e. The Morgan fingerprint density at radius 1 is 1.30 bits per heavy atom. The van der Waals surface area contributed by atoms with Gasteiger partial charge in [0.15, 0.2) is 5.69 Å². The van der Waals surface area contributed by atoms with Crippen molar-refractivity contribution in [1.29, 1.82) is 0 Å². The van der Waals surface area contributed by atoms with Crippen LogP contribution in [0.5, 0.6) is 0 Å². The number of aromatic nitrogens is 1. The van der Waals surface area contributed by atoms with E-state index in [0.29, 0.717) is 17.1 Å². The molecule has 23 heavy (non-hydrogen) atoms. The summed E-state index contributed by atoms with van der Waals surface area (Å²) in [7, 11) is 1.27. The number of oxazole rings is 1. The number of esters is 1. The van der Waals surface area contributed by atoms with Crippen molar-refractivity contribution in [3.05, 3.63) is 52.7 Å². The maximum Gasteiger partial charge on any atom is 0.360 e. The molecule has 7 heteroatoms. The van der Waals surface area contributed by atoms with Crippen molar-refractivity contribution < 1.29 is 18.7 Å². The molecule has 0 aliphatic rings. The standard InChI is InChI=1S/C16H17ClN2O4/c1-3-8-19(15(20)11-4-6-12(17)7-5-11)9-14-18-13(10-23-14)16(21)22-2/h4-7,10H,3,8-9H2,1-2H3. The molecule has 0 aliphatic carbocycles. The molecule has 0 spiro atoms. The van der Waals surface area contributed by atoms with Crippen molar-refractivity contribution in [3.8, 4) is 0 Å². The highest BCUT2D eigenvalue weighted by molar-refractivity contribution is 6.30. The first-order valence-corrected chi connectivity index (χ1v) is 7.50. The molecule has 6 nitrogen and oxygen atoms in total. The largest absolute Gasteiger partial charge is 0.464 e. The molecule has 0 saturated heterocycles. The van der Waals surface area contributed by atoms with E-state index in [0.717, 1.165) is 6.42 Å². The van der Waals surface area contributed by atoms with Gasteiger partial charge in [0.25, 0.3) is 5.91 Å². The number of carbonyl (C=O) groups is 2. The summed E-state index contributed by atoms with van der Waals surface area (Å²) in [6, 6.07) is 6.67. The molecule has 0 radical (unpaired) electrons. The highest BCUT2D eigenvalue weighted by Gasteiger charge is 2.19. The zero-order valence-corrected chi connectivity index (χ0v) is 13.7. The summed E-state index contributed by atoms with van der Waals surface area (Å²) in [4.78, 5) is 29.6. The van der Waals surface area contributed by atoms with Crippen LogP contribution in [0.15, 0.2) is 34.9 Å². The van der Waals surface area contributed by atoms with Crippen LogP contribution < -0.4 is 0 Å². The molecule has 0 unspecified atom stereocenters. The monoisotopic (exact) mass is 336 g/mol. The molecule has 0 aliphatic heterocycles. The number of halogens is 1. The fourth-order valence-electron chi connectivity index (χ4n) is 2.04. The molecule has 0 bridgehead atoms. The highest BCUT2D eigenvalue weighted by atomic mass is 35.5. The predicted octanol–water partition coefficient (Wildman–Crippen LogP) is 3.17. The van der Waals surface area contributed by atoms with Gasteiger partial charge in [-0.3, -0.25) is 4.79 Å². The summed E-state index contributed by atoms with van der Waals surface area (Å²) in [5, 5.41) is 0.569. The molecule has 0 atom stereocenters. The molecule has 1 aromatic carbocycles. The molecule has 0 fully saturated rings. The Labute approximate surface area is 139 Å². The van der Waals surface area contributed by atoms with Crippen molar-refractivity contribution in [2.24, 2.45) is 0 Å². The van der Waals surface area contributed by atoms with Gasteiger partial charge in [0, 0.05) is 17.1 Å². The Morgan fingerprint density at radius 2 is 2.00 bits per heavy atom. The summed E-state index contributed by atoms with van der Waals surface area (Å²) >= 11 is 5.84. The third-order valence-corrected chi connectivity index (χ3v) is 3.40. The molecule has 122 valence electrons. The van der Waals surface area contributed by atoms with Crippen LogP contribution in [-0.2, 0) is 11.3 Å². The first-order chi connectivity index (χ1) is 11.0. The summed E-state index contributed by atoms with van der Waals surface area (Å²) < 4.78 is 9.82. The van der Waals surface area contributed by atoms with E-state index in [1.807, 2.05) is 6.92 Å². The number of hydrogen-bond acceptors (Lipinski definition) is 5. The molecule has 1 heterocycles. The Balaban J connectivity index is 2.14. The number of nitrogens with zero attached hydrogens (tertiary/aromatic N) is 2. The fraction of sp³-hybridized carbons (Fsp3) is 0.312. The Hall–Kier alpha value is -2.34. The van der Waals surface area contributed by atoms with Crippen LogP contribution in [0.3, 0.4) is 0 Å². The molecule has 1 amide bonds. The van der Waals surface area contributed by atoms with Gasteiger partial charge in [-0.25, -0.2) is 9.78 Å². The van der Waals surface area contributed by atoms with Crippen LogP contribution in [0, 0.1) is 0 Å². The van der Waals surface area contributed by atoms with Crippen LogP contribution in [0.4, 0.5) is 0 Å². The summed E-state index contributed by atoms with van der Waals surface area (Å²) in [6.45, 7) is 2.68. The van der Waals surface area contributed by atoms with Crippen molar-refractivity contribution in [2.45, 2.75) is 19.9 Å². The number of carbonyl (C=O) groups excluding carboxylic acids is 2. The average molecular weight is 337 g/mol. The van der Waals surface area contributed by atoms with Crippen molar-refractivity contribution in [3.63, 3.8) is 0 Å². The van der Waals surface area contributed by atoms with Crippen LogP contribution in [0.1, 0.15) is 40.1 Å². The molecule has 0 saturated carbocycles. The summed E-state index contributed by atoms with van der Waals surface area (Å²) in [6.07, 6.45) is 2.00. The number of methoxy groups -OCH3 is 1. The van der Waals surface area contributed by atoms with E-state index in [1.54, 1.807) is 29.2 Å². The van der Waals surface area contributed by atoms with Crippen LogP contribution >= 0.6 is 11.6 Å². The van der Waals surface area contributed by atoms with Gasteiger partial charge < -0.3 is 14.1 Å². The van der Waals surface area contributed by atoms with Crippen molar-refractivity contribution >= 4 is 23.5 Å². The van der Waals surface area contributed by atoms with Crippen molar-refractivity contribution in [2.75, 3.05) is 13.7 Å². The van der Waals surface area contributed by atoms with Crippen LogP contribution in [0.25, 0.3) is 0 Å². The zero-order valence-electron chi connectivity index (χ0n) is 12.9. The second kappa shape index (κ2) is 7.78. The zero-order chi connectivity index (χ0) is 16.8. The molecular weight excluding hydrogens is 320 g/mol. The number of benzene rings is 1. The highest BCUT2D eigenvalue weighted by Crippen LogP contribution is 2.14. The fourth-order valence-corrected chi connectivity index (χ4v) is 2.17. The van der Waals surface area contributed by atoms with Gasteiger partial charge in [0.1, 0.15) is 6.26 Å². The summed E-state index contributed by atoms with van der Waals surface area (Å²) in [5.41, 5.74) is 0.612. The van der Waals surface area contributed by atoms with E-state index < -0.39 is 5.97 Å². The van der Waals surface area contributed by atoms with Gasteiger partial charge >= 0.3 is 5.97 Å². The lowest BCUT2D eigenvalue weighted by Gasteiger charge is -2.20. The maximum absolute atomic E-state index is 12.6. The normalized spacial score (nSPS) is 10.4. The predicted molar refractivity (Wildman–Crippen MR) is 84.3 cm³/mol. The third kappa shape index (κ3) is 4.32. The van der Waals surface area contributed by atoms with E-state index in [9.17, 15) is 9.59 Å². The SMILES string of the molecule is CCCN(Cc1nc(C(=O)OC)co1)C(=O)c1ccc(Cl)cc1. The molecule has 0 N–H and O–H groups in total. The van der Waals surface area contributed by atoms with Gasteiger partial charge in [0.05, 0.1) is 13.7 Å². The second-order valence-corrected chi connectivity index (χ2v) is 5.29. The van der Waals surface area contributed by atoms with Crippen molar-refractivity contribution in [1.82, 2.24) is 9.88 Å². The van der Waals surface area contributed by atoms with Gasteiger partial charge in [-0.05, 0) is 30.7 Å². The van der Waals surface area contributed by atoms with Crippen LogP contribution in [-0.4, -0.2) is 35.4 Å². The third-order valence-electron chi connectivity index (χ3n) is 3.14. The topological polar surface area (TPSA) is 72.6 Å². The lowest BCUT2D eigenvalue weighted by molar-refractivity contribution is 0.0594. The first kappa shape index (κ1) is 17.0. The first-order valence-electron chi connectivity index (χ1n) is 7.12. The van der Waals surface area contributed by atoms with E-state index in [1.165, 1.54) is 13.4 Å². The Morgan fingerprint density at radius 3 is 2.61 bits per heavy atom. The van der Waals surface area contributed by atoms with Gasteiger partial charge in [-0.15, -0.1) is 0 Å². The van der Waals surface area contributed by atoms with Gasteiger partial charge in [-0.1, -0.05) is 18.5 Å².